The molecule has 2 N–H and O–H groups in total. The summed E-state index contributed by atoms with van der Waals surface area (Å²) in [7, 11) is 1.47. The second-order valence-corrected chi connectivity index (χ2v) is 7.89. The smallest absolute Gasteiger partial charge is 0.456 e. The van der Waals surface area contributed by atoms with E-state index in [9.17, 15) is 18.0 Å². The number of hydrogen-bond acceptors (Lipinski definition) is 6. The van der Waals surface area contributed by atoms with Gasteiger partial charge in [-0.15, -0.1) is 13.2 Å². The van der Waals surface area contributed by atoms with Crippen molar-refractivity contribution in [3.63, 3.8) is 0 Å². The van der Waals surface area contributed by atoms with Crippen LogP contribution in [-0.2, 0) is 10.3 Å². The zero-order valence-electron chi connectivity index (χ0n) is 16.9. The molecule has 5 rings (SSSR count). The molecule has 0 aliphatic carbocycles. The van der Waals surface area contributed by atoms with Crippen molar-refractivity contribution in [3.05, 3.63) is 71.0 Å². The normalized spacial score (nSPS) is 19.1. The minimum atomic E-state index is -4.88. The monoisotopic (exact) mass is 474 g/mol. The minimum Gasteiger partial charge on any atom is -0.456 e. The number of alkyl halides is 3. The summed E-state index contributed by atoms with van der Waals surface area (Å²) in [6.07, 6.45) is -1.78. The minimum absolute atomic E-state index is 0.00150. The van der Waals surface area contributed by atoms with Crippen LogP contribution in [0.4, 0.5) is 13.2 Å². The Hall–Kier alpha value is -3.79. The Labute approximate surface area is 190 Å². The molecule has 1 amide bonds. The van der Waals surface area contributed by atoms with Gasteiger partial charge in [0.1, 0.15) is 17.2 Å². The molecule has 7 nitrogen and oxygen atoms in total. The number of likely N-dealkylation sites (N-methyl/N-ethyl adjacent to an activating group) is 1. The average Bonchev–Trinajstić information content (AvgIpc) is 2.97. The van der Waals surface area contributed by atoms with Gasteiger partial charge in [0.2, 0.25) is 5.54 Å². The Morgan fingerprint density at radius 2 is 1.85 bits per heavy atom. The molecule has 1 spiro atoms. The molecule has 11 heteroatoms. The molecule has 1 aromatic heterocycles. The summed E-state index contributed by atoms with van der Waals surface area (Å²) in [4.78, 5) is 23.2. The maximum Gasteiger partial charge on any atom is 0.573 e. The van der Waals surface area contributed by atoms with Crippen molar-refractivity contribution in [2.75, 3.05) is 7.05 Å². The first-order valence-electron chi connectivity index (χ1n) is 9.55. The van der Waals surface area contributed by atoms with E-state index in [4.69, 9.17) is 22.1 Å². The van der Waals surface area contributed by atoms with Crippen molar-refractivity contribution < 1.29 is 27.4 Å². The van der Waals surface area contributed by atoms with Gasteiger partial charge in [-0.1, -0.05) is 17.7 Å². The van der Waals surface area contributed by atoms with Crippen LogP contribution in [0.3, 0.4) is 0 Å². The van der Waals surface area contributed by atoms with Gasteiger partial charge < -0.3 is 15.2 Å². The number of carbonyl (C=O) groups is 1. The van der Waals surface area contributed by atoms with Crippen molar-refractivity contribution in [2.24, 2.45) is 10.7 Å². The number of halogens is 4. The third-order valence-electron chi connectivity index (χ3n) is 5.44. The molecule has 2 aliphatic heterocycles. The lowest BCUT2D eigenvalue weighted by Gasteiger charge is -2.34. The third-order valence-corrected chi connectivity index (χ3v) is 5.65. The summed E-state index contributed by atoms with van der Waals surface area (Å²) >= 11 is 6.07. The topological polar surface area (TPSA) is 90.0 Å². The molecular formula is C22H14ClF3N4O3. The van der Waals surface area contributed by atoms with Gasteiger partial charge in [-0.25, -0.2) is 4.99 Å². The second kappa shape index (κ2) is 7.11. The van der Waals surface area contributed by atoms with E-state index < -0.39 is 23.6 Å². The predicted octanol–water partition coefficient (Wildman–Crippen LogP) is 4.44. The van der Waals surface area contributed by atoms with Crippen LogP contribution < -0.4 is 15.2 Å². The van der Waals surface area contributed by atoms with E-state index in [1.807, 2.05) is 0 Å². The molecule has 0 saturated carbocycles. The molecule has 168 valence electrons. The van der Waals surface area contributed by atoms with Gasteiger partial charge in [-0.3, -0.25) is 14.7 Å². The molecular weight excluding hydrogens is 461 g/mol. The van der Waals surface area contributed by atoms with E-state index >= 15 is 0 Å². The summed E-state index contributed by atoms with van der Waals surface area (Å²) in [5, 5.41) is 0.428. The Kier molecular flexibility index (Phi) is 4.54. The second-order valence-electron chi connectivity index (χ2n) is 7.46. The van der Waals surface area contributed by atoms with Gasteiger partial charge in [-0.2, -0.15) is 0 Å². The van der Waals surface area contributed by atoms with Crippen molar-refractivity contribution in [1.82, 2.24) is 9.88 Å². The molecule has 0 fully saturated rings. The van der Waals surface area contributed by atoms with E-state index in [0.717, 1.165) is 12.1 Å². The SMILES string of the molecule is CN1C(=O)C2(N=C1N)c1ccc(OC(F)(F)F)cc1Oc1ccc(-c3cncc(Cl)c3)cc12. The number of amides is 1. The number of nitrogens with zero attached hydrogens (tertiary/aromatic N) is 3. The molecule has 0 radical (unpaired) electrons. The van der Waals surface area contributed by atoms with Crippen molar-refractivity contribution in [2.45, 2.75) is 11.9 Å². The fourth-order valence-electron chi connectivity index (χ4n) is 3.99. The standard InChI is InChI=1S/C22H14ClF3N4O3/c1-30-19(31)21(29-20(30)27)15-4-3-14(33-22(24,25)26)8-18(15)32-17-5-2-11(7-16(17)21)12-6-13(23)10-28-9-12/h2-10H,1H3,(H2,27,29). The largest absolute Gasteiger partial charge is 0.573 e. The van der Waals surface area contributed by atoms with Gasteiger partial charge in [0.15, 0.2) is 5.96 Å². The number of aromatic nitrogens is 1. The number of benzene rings is 2. The molecule has 0 bridgehead atoms. The summed E-state index contributed by atoms with van der Waals surface area (Å²) in [6, 6.07) is 10.2. The fraction of sp³-hybridized carbons (Fsp3) is 0.136. The van der Waals surface area contributed by atoms with Crippen LogP contribution in [0.5, 0.6) is 17.2 Å². The lowest BCUT2D eigenvalue weighted by Crippen LogP contribution is -2.42. The quantitative estimate of drug-likeness (QED) is 0.593. The van der Waals surface area contributed by atoms with Gasteiger partial charge in [0.05, 0.1) is 5.02 Å². The number of ether oxygens (including phenoxy) is 2. The van der Waals surface area contributed by atoms with E-state index in [1.165, 1.54) is 24.2 Å². The number of aliphatic imine (C=N–C) groups is 1. The van der Waals surface area contributed by atoms with E-state index in [0.29, 0.717) is 21.7 Å². The number of nitrogens with two attached hydrogens (primary N) is 1. The first-order valence-corrected chi connectivity index (χ1v) is 9.93. The molecule has 33 heavy (non-hydrogen) atoms. The number of rotatable bonds is 2. The van der Waals surface area contributed by atoms with Gasteiger partial charge in [-0.05, 0) is 35.9 Å². The van der Waals surface area contributed by atoms with Crippen LogP contribution in [0.25, 0.3) is 11.1 Å². The van der Waals surface area contributed by atoms with E-state index in [-0.39, 0.29) is 23.0 Å². The Bertz CT molecular complexity index is 1340. The Morgan fingerprint density at radius 3 is 2.52 bits per heavy atom. The van der Waals surface area contributed by atoms with Gasteiger partial charge in [0, 0.05) is 42.2 Å². The van der Waals surface area contributed by atoms with Gasteiger partial charge in [0.25, 0.3) is 5.91 Å². The van der Waals surface area contributed by atoms with Crippen molar-refractivity contribution >= 4 is 23.5 Å². The number of guanidine groups is 1. The van der Waals surface area contributed by atoms with E-state index in [1.54, 1.807) is 30.5 Å². The van der Waals surface area contributed by atoms with Crippen LogP contribution in [0.1, 0.15) is 11.1 Å². The first-order chi connectivity index (χ1) is 15.6. The van der Waals surface area contributed by atoms with Crippen LogP contribution in [-0.4, -0.2) is 35.2 Å². The first kappa shape index (κ1) is 21.1. The molecule has 1 unspecified atom stereocenters. The molecule has 3 aromatic rings. The zero-order chi connectivity index (χ0) is 23.5. The lowest BCUT2D eigenvalue weighted by atomic mass is 9.79. The summed E-state index contributed by atoms with van der Waals surface area (Å²) < 4.78 is 48.1. The summed E-state index contributed by atoms with van der Waals surface area (Å²) in [6.45, 7) is 0. The molecule has 2 aromatic carbocycles. The fourth-order valence-corrected chi connectivity index (χ4v) is 4.16. The maximum absolute atomic E-state index is 13.5. The highest BCUT2D eigenvalue weighted by atomic mass is 35.5. The summed E-state index contributed by atoms with van der Waals surface area (Å²) in [5.74, 6) is -0.759. The van der Waals surface area contributed by atoms with Crippen LogP contribution in [0.2, 0.25) is 5.02 Å². The van der Waals surface area contributed by atoms with Gasteiger partial charge >= 0.3 is 6.36 Å². The highest BCUT2D eigenvalue weighted by molar-refractivity contribution is 6.30. The highest BCUT2D eigenvalue weighted by Gasteiger charge is 2.54. The van der Waals surface area contributed by atoms with Crippen molar-refractivity contribution in [1.29, 1.82) is 0 Å². The number of hydrogen-bond donors (Lipinski definition) is 1. The number of pyridine rings is 1. The molecule has 2 aliphatic rings. The Morgan fingerprint density at radius 1 is 1.06 bits per heavy atom. The third kappa shape index (κ3) is 3.34. The number of fused-ring (bicyclic) bond motifs is 4. The predicted molar refractivity (Wildman–Crippen MR) is 113 cm³/mol. The number of carbonyl (C=O) groups excluding carboxylic acids is 1. The maximum atomic E-state index is 13.5. The lowest BCUT2D eigenvalue weighted by molar-refractivity contribution is -0.274. The molecule has 0 saturated heterocycles. The van der Waals surface area contributed by atoms with Crippen molar-refractivity contribution in [3.8, 4) is 28.4 Å². The molecule has 3 heterocycles. The highest BCUT2D eigenvalue weighted by Crippen LogP contribution is 2.53. The molecule has 1 atom stereocenters. The van der Waals surface area contributed by atoms with Crippen LogP contribution >= 0.6 is 11.6 Å². The zero-order valence-corrected chi connectivity index (χ0v) is 17.6. The summed E-state index contributed by atoms with van der Waals surface area (Å²) in [5.41, 5.74) is 6.34. The van der Waals surface area contributed by atoms with E-state index in [2.05, 4.69) is 14.7 Å². The van der Waals surface area contributed by atoms with Crippen LogP contribution in [0.15, 0.2) is 59.9 Å². The Balaban J connectivity index is 1.72. The van der Waals surface area contributed by atoms with Crippen LogP contribution in [0, 0.1) is 0 Å². The average molecular weight is 475 g/mol.